The zero-order valence-electron chi connectivity index (χ0n) is 9.13. The van der Waals surface area contributed by atoms with E-state index in [1.54, 1.807) is 0 Å². The molecule has 0 aromatic rings. The molecular weight excluding hydrogens is 180 g/mol. The fourth-order valence-corrected chi connectivity index (χ4v) is 1.86. The maximum absolute atomic E-state index is 11.9. The minimum atomic E-state index is -0.535. The summed E-state index contributed by atoms with van der Waals surface area (Å²) in [6.45, 7) is 7.80. The first-order valence-electron chi connectivity index (χ1n) is 4.62. The Morgan fingerprint density at radius 1 is 1.50 bits per heavy atom. The van der Waals surface area contributed by atoms with Crippen molar-refractivity contribution in [3.05, 3.63) is 11.6 Å². The third-order valence-electron chi connectivity index (χ3n) is 2.67. The number of hydrogen-bond donors (Lipinski definition) is 1. The molecule has 0 aromatic heterocycles. The van der Waals surface area contributed by atoms with Gasteiger partial charge in [0.2, 0.25) is 0 Å². The molecule has 0 saturated heterocycles. The zero-order valence-corrected chi connectivity index (χ0v) is 9.13. The second-order valence-corrected chi connectivity index (χ2v) is 4.61. The molecule has 0 fully saturated rings. The number of rotatable bonds is 3. The van der Waals surface area contributed by atoms with Crippen LogP contribution < -0.4 is 0 Å². The molecular formula is C10H17N2O2. The molecule has 1 heterocycles. The fourth-order valence-electron chi connectivity index (χ4n) is 1.86. The minimum Gasteiger partial charge on any atom is -0.479 e. The maximum Gasteiger partial charge on any atom is 0.167 e. The van der Waals surface area contributed by atoms with Gasteiger partial charge in [-0.25, -0.2) is 0 Å². The third-order valence-corrected chi connectivity index (χ3v) is 2.67. The van der Waals surface area contributed by atoms with Gasteiger partial charge >= 0.3 is 0 Å². The lowest BCUT2D eigenvalue weighted by atomic mass is 9.97. The van der Waals surface area contributed by atoms with Gasteiger partial charge in [-0.15, -0.1) is 10.3 Å². The van der Waals surface area contributed by atoms with Crippen LogP contribution in [-0.2, 0) is 9.94 Å². The Kier molecular flexibility index (Phi) is 2.69. The lowest BCUT2D eigenvalue weighted by molar-refractivity contribution is -0.239. The number of nitrogens with zero attached hydrogens (tertiary/aromatic N) is 1. The molecule has 4 heteroatoms. The van der Waals surface area contributed by atoms with Crippen molar-refractivity contribution in [3.8, 4) is 0 Å². The number of ether oxygens (including phenoxy) is 1. The van der Waals surface area contributed by atoms with Gasteiger partial charge in [0.05, 0.1) is 11.1 Å². The van der Waals surface area contributed by atoms with Gasteiger partial charge < -0.3 is 4.74 Å². The lowest BCUT2D eigenvalue weighted by Crippen LogP contribution is -2.47. The SMILES string of the molecule is CC1(C)C=C(COC=N)C(C)(C)N1[O]. The third kappa shape index (κ3) is 1.67. The molecule has 1 aliphatic heterocycles. The van der Waals surface area contributed by atoms with Gasteiger partial charge in [-0.3, -0.25) is 5.41 Å². The molecule has 0 bridgehead atoms. The van der Waals surface area contributed by atoms with Crippen LogP contribution in [0.2, 0.25) is 0 Å². The lowest BCUT2D eigenvalue weighted by Gasteiger charge is -2.33. The highest BCUT2D eigenvalue weighted by molar-refractivity contribution is 5.42. The van der Waals surface area contributed by atoms with Crippen molar-refractivity contribution in [2.45, 2.75) is 38.8 Å². The van der Waals surface area contributed by atoms with Crippen LogP contribution in [0.1, 0.15) is 27.7 Å². The second-order valence-electron chi connectivity index (χ2n) is 4.61. The normalized spacial score (nSPS) is 24.5. The summed E-state index contributed by atoms with van der Waals surface area (Å²) in [5, 5.41) is 19.7. The first-order valence-corrected chi connectivity index (χ1v) is 4.62. The van der Waals surface area contributed by atoms with E-state index in [2.05, 4.69) is 0 Å². The molecule has 1 N–H and O–H groups in total. The summed E-state index contributed by atoms with van der Waals surface area (Å²) in [5.74, 6) is 0. The van der Waals surface area contributed by atoms with Crippen molar-refractivity contribution in [2.75, 3.05) is 6.61 Å². The Balaban J connectivity index is 2.88. The molecule has 14 heavy (non-hydrogen) atoms. The number of nitrogens with one attached hydrogen (secondary N) is 1. The number of hydrogen-bond acceptors (Lipinski definition) is 3. The standard InChI is InChI=1S/C10H17N2O2/c1-9(2)5-8(6-14-7-11)10(3,4)12(9)13/h5,7,11H,6H2,1-4H3. The van der Waals surface area contributed by atoms with Gasteiger partial charge in [0.1, 0.15) is 6.61 Å². The largest absolute Gasteiger partial charge is 0.479 e. The molecule has 0 saturated carbocycles. The summed E-state index contributed by atoms with van der Waals surface area (Å²) in [7, 11) is 0. The van der Waals surface area contributed by atoms with E-state index in [1.807, 2.05) is 33.8 Å². The molecule has 0 aliphatic carbocycles. The average molecular weight is 197 g/mol. The molecule has 0 aromatic carbocycles. The highest BCUT2D eigenvalue weighted by atomic mass is 16.5. The molecule has 4 nitrogen and oxygen atoms in total. The molecule has 0 unspecified atom stereocenters. The van der Waals surface area contributed by atoms with Crippen LogP contribution in [0.25, 0.3) is 0 Å². The highest BCUT2D eigenvalue weighted by Crippen LogP contribution is 2.38. The minimum absolute atomic E-state index is 0.318. The first-order chi connectivity index (χ1) is 6.32. The van der Waals surface area contributed by atoms with E-state index >= 15 is 0 Å². The van der Waals surface area contributed by atoms with E-state index in [-0.39, 0.29) is 0 Å². The summed E-state index contributed by atoms with van der Waals surface area (Å²) in [6, 6.07) is 0. The molecule has 0 atom stereocenters. The van der Waals surface area contributed by atoms with E-state index in [4.69, 9.17) is 10.1 Å². The fraction of sp³-hybridized carbons (Fsp3) is 0.700. The predicted octanol–water partition coefficient (Wildman–Crippen LogP) is 1.75. The van der Waals surface area contributed by atoms with Crippen molar-refractivity contribution < 1.29 is 9.94 Å². The molecule has 1 radical (unpaired) electrons. The van der Waals surface area contributed by atoms with Gasteiger partial charge in [-0.2, -0.15) is 0 Å². The Bertz CT molecular complexity index is 269. The predicted molar refractivity (Wildman–Crippen MR) is 53.5 cm³/mol. The van der Waals surface area contributed by atoms with Gasteiger partial charge in [-0.1, -0.05) is 6.08 Å². The summed E-state index contributed by atoms with van der Waals surface area (Å²) >= 11 is 0. The Labute approximate surface area is 84.6 Å². The van der Waals surface area contributed by atoms with E-state index in [0.29, 0.717) is 6.61 Å². The molecule has 0 spiro atoms. The van der Waals surface area contributed by atoms with Crippen LogP contribution in [0, 0.1) is 5.41 Å². The second kappa shape index (κ2) is 3.37. The van der Waals surface area contributed by atoms with E-state index in [9.17, 15) is 5.21 Å². The van der Waals surface area contributed by atoms with Crippen molar-refractivity contribution >= 4 is 6.40 Å². The summed E-state index contributed by atoms with van der Waals surface area (Å²) < 4.78 is 4.90. The average Bonchev–Trinajstić information content (AvgIpc) is 2.23. The van der Waals surface area contributed by atoms with Gasteiger partial charge in [0.25, 0.3) is 0 Å². The molecule has 0 amide bonds. The molecule has 1 rings (SSSR count). The van der Waals surface area contributed by atoms with Crippen LogP contribution in [-0.4, -0.2) is 29.1 Å². The topological polar surface area (TPSA) is 56.2 Å². The van der Waals surface area contributed by atoms with Crippen molar-refractivity contribution in [1.82, 2.24) is 5.06 Å². The number of hydroxylamine groups is 2. The zero-order chi connectivity index (χ0) is 11.0. The van der Waals surface area contributed by atoms with E-state index in [1.165, 1.54) is 0 Å². The first kappa shape index (κ1) is 11.2. The van der Waals surface area contributed by atoms with Crippen LogP contribution in [0.3, 0.4) is 0 Å². The Morgan fingerprint density at radius 2 is 2.07 bits per heavy atom. The molecule has 79 valence electrons. The van der Waals surface area contributed by atoms with Crippen molar-refractivity contribution in [1.29, 1.82) is 5.41 Å². The Morgan fingerprint density at radius 3 is 2.43 bits per heavy atom. The summed E-state index contributed by atoms with van der Waals surface area (Å²) in [4.78, 5) is 0. The van der Waals surface area contributed by atoms with E-state index < -0.39 is 11.1 Å². The van der Waals surface area contributed by atoms with Crippen LogP contribution >= 0.6 is 0 Å². The van der Waals surface area contributed by atoms with Crippen LogP contribution in [0.4, 0.5) is 0 Å². The van der Waals surface area contributed by atoms with Crippen molar-refractivity contribution in [2.24, 2.45) is 0 Å². The molecule has 1 aliphatic rings. The van der Waals surface area contributed by atoms with Crippen molar-refractivity contribution in [3.63, 3.8) is 0 Å². The highest BCUT2D eigenvalue weighted by Gasteiger charge is 2.46. The Hall–Kier alpha value is -0.870. The van der Waals surface area contributed by atoms with Gasteiger partial charge in [0, 0.05) is 0 Å². The van der Waals surface area contributed by atoms with E-state index in [0.717, 1.165) is 17.0 Å². The van der Waals surface area contributed by atoms with Crippen LogP contribution in [0.15, 0.2) is 11.6 Å². The van der Waals surface area contributed by atoms with Crippen LogP contribution in [0.5, 0.6) is 0 Å². The monoisotopic (exact) mass is 197 g/mol. The summed E-state index contributed by atoms with van der Waals surface area (Å²) in [6.07, 6.45) is 2.82. The summed E-state index contributed by atoms with van der Waals surface area (Å²) in [5.41, 5.74) is -0.0857. The quantitative estimate of drug-likeness (QED) is 0.426. The smallest absolute Gasteiger partial charge is 0.167 e. The van der Waals surface area contributed by atoms with Gasteiger partial charge in [0.15, 0.2) is 6.40 Å². The van der Waals surface area contributed by atoms with Gasteiger partial charge in [-0.05, 0) is 33.3 Å². The maximum atomic E-state index is 11.9.